The van der Waals surface area contributed by atoms with Gasteiger partial charge in [0.2, 0.25) is 0 Å². The van der Waals surface area contributed by atoms with Crippen molar-refractivity contribution in [2.45, 2.75) is 0 Å². The molecule has 0 amide bonds. The number of fused-ring (bicyclic) bond motifs is 1. The molecule has 3 heteroatoms. The molecule has 0 heterocycles. The van der Waals surface area contributed by atoms with Crippen LogP contribution in [-0.4, -0.2) is 23.7 Å². The van der Waals surface area contributed by atoms with Gasteiger partial charge in [0.15, 0.2) is 0 Å². The summed E-state index contributed by atoms with van der Waals surface area (Å²) in [5.41, 5.74) is 1.32. The molecule has 0 spiro atoms. The average Bonchev–Trinajstić information content (AvgIpc) is 2.38. The Hall–Kier alpha value is -0.540. The molecule has 0 aliphatic rings. The van der Waals surface area contributed by atoms with Crippen LogP contribution in [0.1, 0.15) is 0 Å². The average molecular weight is 357 g/mol. The van der Waals surface area contributed by atoms with E-state index in [1.54, 1.807) is 0 Å². The number of rotatable bonds is 5. The number of anilines is 1. The van der Waals surface area contributed by atoms with Gasteiger partial charge in [0, 0.05) is 34.8 Å². The summed E-state index contributed by atoms with van der Waals surface area (Å²) >= 11 is 7.05. The van der Waals surface area contributed by atoms with Gasteiger partial charge in [-0.3, -0.25) is 0 Å². The molecular formula is C14H15Br2N. The first-order valence-electron chi connectivity index (χ1n) is 5.71. The number of hydrogen-bond donors (Lipinski definition) is 0. The number of alkyl halides is 2. The summed E-state index contributed by atoms with van der Waals surface area (Å²) in [7, 11) is 0. The highest BCUT2D eigenvalue weighted by Gasteiger charge is 2.08. The van der Waals surface area contributed by atoms with E-state index in [9.17, 15) is 0 Å². The van der Waals surface area contributed by atoms with Crippen LogP contribution < -0.4 is 4.90 Å². The summed E-state index contributed by atoms with van der Waals surface area (Å²) in [6.07, 6.45) is 0. The summed E-state index contributed by atoms with van der Waals surface area (Å²) in [5, 5.41) is 4.61. The lowest BCUT2D eigenvalue weighted by Crippen LogP contribution is -2.27. The Morgan fingerprint density at radius 1 is 0.824 bits per heavy atom. The van der Waals surface area contributed by atoms with Gasteiger partial charge < -0.3 is 4.90 Å². The van der Waals surface area contributed by atoms with Crippen molar-refractivity contribution in [1.82, 2.24) is 0 Å². The van der Waals surface area contributed by atoms with Crippen molar-refractivity contribution in [1.29, 1.82) is 0 Å². The lowest BCUT2D eigenvalue weighted by atomic mass is 10.1. The van der Waals surface area contributed by atoms with Gasteiger partial charge in [-0.05, 0) is 11.5 Å². The highest BCUT2D eigenvalue weighted by atomic mass is 79.9. The Morgan fingerprint density at radius 3 is 2.18 bits per heavy atom. The molecule has 0 atom stereocenters. The van der Waals surface area contributed by atoms with Crippen molar-refractivity contribution in [3.63, 3.8) is 0 Å². The first kappa shape index (κ1) is 12.9. The molecule has 2 aromatic rings. The second-order valence-electron chi connectivity index (χ2n) is 3.86. The maximum Gasteiger partial charge on any atom is 0.0446 e. The minimum Gasteiger partial charge on any atom is -0.369 e. The summed E-state index contributed by atoms with van der Waals surface area (Å²) in [4.78, 5) is 2.41. The Morgan fingerprint density at radius 2 is 1.47 bits per heavy atom. The van der Waals surface area contributed by atoms with E-state index in [1.807, 2.05) is 0 Å². The molecule has 0 unspecified atom stereocenters. The van der Waals surface area contributed by atoms with Crippen LogP contribution in [0, 0.1) is 0 Å². The molecule has 0 radical (unpaired) electrons. The molecule has 17 heavy (non-hydrogen) atoms. The Balaban J connectivity index is 2.44. The predicted octanol–water partition coefficient (Wildman–Crippen LogP) is 4.44. The van der Waals surface area contributed by atoms with Gasteiger partial charge in [-0.25, -0.2) is 0 Å². The van der Waals surface area contributed by atoms with E-state index in [0.29, 0.717) is 0 Å². The lowest BCUT2D eigenvalue weighted by molar-refractivity contribution is 0.890. The first-order chi connectivity index (χ1) is 8.36. The largest absolute Gasteiger partial charge is 0.369 e. The fraction of sp³-hybridized carbons (Fsp3) is 0.286. The van der Waals surface area contributed by atoms with Gasteiger partial charge in [-0.1, -0.05) is 68.3 Å². The fourth-order valence-electron chi connectivity index (χ4n) is 2.04. The quantitative estimate of drug-likeness (QED) is 0.716. The lowest BCUT2D eigenvalue weighted by Gasteiger charge is -2.24. The monoisotopic (exact) mass is 355 g/mol. The third-order valence-electron chi connectivity index (χ3n) is 2.82. The topological polar surface area (TPSA) is 3.24 Å². The standard InChI is InChI=1S/C14H15Br2N/c15-8-10-17(11-9-16)14-7-3-5-12-4-1-2-6-13(12)14/h1-7H,8-11H2. The molecule has 1 nitrogen and oxygen atoms in total. The van der Waals surface area contributed by atoms with E-state index in [0.717, 1.165) is 23.7 Å². The van der Waals surface area contributed by atoms with Crippen molar-refractivity contribution in [2.24, 2.45) is 0 Å². The van der Waals surface area contributed by atoms with Crippen LogP contribution in [0.3, 0.4) is 0 Å². The van der Waals surface area contributed by atoms with Crippen LogP contribution in [-0.2, 0) is 0 Å². The Labute approximate surface area is 119 Å². The second-order valence-corrected chi connectivity index (χ2v) is 5.45. The summed E-state index contributed by atoms with van der Waals surface area (Å²) in [6.45, 7) is 2.05. The van der Waals surface area contributed by atoms with E-state index in [2.05, 4.69) is 79.2 Å². The normalized spacial score (nSPS) is 10.7. The third-order valence-corrected chi connectivity index (χ3v) is 3.53. The molecule has 0 aliphatic carbocycles. The molecule has 0 aliphatic heterocycles. The minimum atomic E-state index is 0.989. The number of halogens is 2. The molecule has 0 fully saturated rings. The highest BCUT2D eigenvalue weighted by molar-refractivity contribution is 9.09. The van der Waals surface area contributed by atoms with Crippen LogP contribution in [0.25, 0.3) is 10.8 Å². The summed E-state index contributed by atoms with van der Waals surface area (Å²) < 4.78 is 0. The fourth-order valence-corrected chi connectivity index (χ4v) is 2.90. The van der Waals surface area contributed by atoms with Crippen LogP contribution in [0.2, 0.25) is 0 Å². The van der Waals surface area contributed by atoms with E-state index in [1.165, 1.54) is 16.5 Å². The van der Waals surface area contributed by atoms with Crippen molar-refractivity contribution >= 4 is 48.3 Å². The van der Waals surface area contributed by atoms with Gasteiger partial charge in [0.05, 0.1) is 0 Å². The SMILES string of the molecule is BrCCN(CCBr)c1cccc2ccccc12. The molecule has 0 saturated carbocycles. The van der Waals surface area contributed by atoms with Gasteiger partial charge in [-0.15, -0.1) is 0 Å². The maximum absolute atomic E-state index is 3.52. The van der Waals surface area contributed by atoms with Crippen LogP contribution in [0.5, 0.6) is 0 Å². The van der Waals surface area contributed by atoms with Gasteiger partial charge in [0.25, 0.3) is 0 Å². The van der Waals surface area contributed by atoms with E-state index < -0.39 is 0 Å². The van der Waals surface area contributed by atoms with E-state index in [-0.39, 0.29) is 0 Å². The number of benzene rings is 2. The zero-order valence-corrected chi connectivity index (χ0v) is 12.7. The molecule has 90 valence electrons. The summed E-state index contributed by atoms with van der Waals surface area (Å²) in [6, 6.07) is 15.1. The smallest absolute Gasteiger partial charge is 0.0446 e. The molecule has 0 saturated heterocycles. The zero-order chi connectivity index (χ0) is 12.1. The van der Waals surface area contributed by atoms with Crippen molar-refractivity contribution in [2.75, 3.05) is 28.6 Å². The maximum atomic E-state index is 3.52. The van der Waals surface area contributed by atoms with Crippen LogP contribution in [0.15, 0.2) is 42.5 Å². The van der Waals surface area contributed by atoms with Gasteiger partial charge >= 0.3 is 0 Å². The van der Waals surface area contributed by atoms with E-state index >= 15 is 0 Å². The molecule has 0 bridgehead atoms. The van der Waals surface area contributed by atoms with Crippen LogP contribution in [0.4, 0.5) is 5.69 Å². The number of nitrogens with zero attached hydrogens (tertiary/aromatic N) is 1. The van der Waals surface area contributed by atoms with Crippen molar-refractivity contribution < 1.29 is 0 Å². The summed E-state index contributed by atoms with van der Waals surface area (Å²) in [5.74, 6) is 0. The Bertz CT molecular complexity index is 473. The van der Waals surface area contributed by atoms with Crippen molar-refractivity contribution in [3.05, 3.63) is 42.5 Å². The van der Waals surface area contributed by atoms with Gasteiger partial charge in [0.1, 0.15) is 0 Å². The minimum absolute atomic E-state index is 0.989. The van der Waals surface area contributed by atoms with Gasteiger partial charge in [-0.2, -0.15) is 0 Å². The zero-order valence-electron chi connectivity index (χ0n) is 9.57. The molecule has 2 rings (SSSR count). The van der Waals surface area contributed by atoms with E-state index in [4.69, 9.17) is 0 Å². The highest BCUT2D eigenvalue weighted by Crippen LogP contribution is 2.26. The first-order valence-corrected chi connectivity index (χ1v) is 7.95. The second kappa shape index (κ2) is 6.41. The molecule has 0 aromatic heterocycles. The predicted molar refractivity (Wildman–Crippen MR) is 83.7 cm³/mol. The molecule has 0 N–H and O–H groups in total. The Kier molecular flexibility index (Phi) is 4.86. The molecule has 2 aromatic carbocycles. The third kappa shape index (κ3) is 3.02. The van der Waals surface area contributed by atoms with Crippen LogP contribution >= 0.6 is 31.9 Å². The molecular weight excluding hydrogens is 342 g/mol. The number of hydrogen-bond acceptors (Lipinski definition) is 1. The van der Waals surface area contributed by atoms with Crippen molar-refractivity contribution in [3.8, 4) is 0 Å².